The van der Waals surface area contributed by atoms with E-state index in [2.05, 4.69) is 54.9 Å². The largest absolute Gasteiger partial charge is 0.333 e. The molecule has 1 saturated heterocycles. The van der Waals surface area contributed by atoms with Crippen LogP contribution in [-0.2, 0) is 10.2 Å². The van der Waals surface area contributed by atoms with Gasteiger partial charge in [0.25, 0.3) is 5.91 Å². The Labute approximate surface area is 183 Å². The number of anilines is 1. The molecule has 0 spiro atoms. The van der Waals surface area contributed by atoms with E-state index >= 15 is 0 Å². The standard InChI is InChI=1S/C26H27N3O2/c1-17-15-19(18(2)28(17)22-13-11-20(12-14-22)26(3,4)5)16-23-24(30)29(25(31)27-23)21-9-7-6-8-10-21/h6-16H,1-5H3,(H,27,31). The van der Waals surface area contributed by atoms with Crippen molar-refractivity contribution in [2.75, 3.05) is 4.90 Å². The third-order valence-corrected chi connectivity index (χ3v) is 5.65. The van der Waals surface area contributed by atoms with Crippen molar-refractivity contribution in [3.8, 4) is 5.69 Å². The zero-order valence-corrected chi connectivity index (χ0v) is 18.6. The third kappa shape index (κ3) is 3.79. The molecule has 2 aromatic carbocycles. The van der Waals surface area contributed by atoms with Crippen LogP contribution in [0, 0.1) is 13.8 Å². The molecular formula is C26H27N3O2. The van der Waals surface area contributed by atoms with E-state index < -0.39 is 6.03 Å². The van der Waals surface area contributed by atoms with E-state index in [1.165, 1.54) is 5.56 Å². The van der Waals surface area contributed by atoms with Crippen molar-refractivity contribution in [1.29, 1.82) is 0 Å². The van der Waals surface area contributed by atoms with Gasteiger partial charge < -0.3 is 9.88 Å². The Hall–Kier alpha value is -3.60. The first kappa shape index (κ1) is 20.7. The Kier molecular flexibility index (Phi) is 5.05. The lowest BCUT2D eigenvalue weighted by Crippen LogP contribution is -2.30. The van der Waals surface area contributed by atoms with E-state index in [9.17, 15) is 9.59 Å². The number of aryl methyl sites for hydroxylation is 1. The molecule has 2 heterocycles. The quantitative estimate of drug-likeness (QED) is 0.456. The molecule has 1 fully saturated rings. The lowest BCUT2D eigenvalue weighted by molar-refractivity contribution is -0.113. The summed E-state index contributed by atoms with van der Waals surface area (Å²) in [6.45, 7) is 10.7. The van der Waals surface area contributed by atoms with Gasteiger partial charge in [-0.25, -0.2) is 9.69 Å². The Balaban J connectivity index is 1.67. The lowest BCUT2D eigenvalue weighted by atomic mass is 9.87. The van der Waals surface area contributed by atoms with Crippen LogP contribution in [0.25, 0.3) is 11.8 Å². The number of imide groups is 1. The number of rotatable bonds is 3. The average Bonchev–Trinajstić information content (AvgIpc) is 3.16. The molecule has 0 unspecified atom stereocenters. The van der Waals surface area contributed by atoms with Crippen LogP contribution in [0.2, 0.25) is 0 Å². The molecule has 0 saturated carbocycles. The van der Waals surface area contributed by atoms with Crippen molar-refractivity contribution in [3.63, 3.8) is 0 Å². The zero-order chi connectivity index (χ0) is 22.3. The highest BCUT2D eigenvalue weighted by Gasteiger charge is 2.35. The van der Waals surface area contributed by atoms with Gasteiger partial charge >= 0.3 is 6.03 Å². The van der Waals surface area contributed by atoms with Gasteiger partial charge in [0.1, 0.15) is 5.70 Å². The summed E-state index contributed by atoms with van der Waals surface area (Å²) in [7, 11) is 0. The molecule has 1 aliphatic rings. The fourth-order valence-corrected chi connectivity index (χ4v) is 3.94. The van der Waals surface area contributed by atoms with Crippen LogP contribution in [-0.4, -0.2) is 16.5 Å². The second kappa shape index (κ2) is 7.58. The molecule has 1 aromatic heterocycles. The monoisotopic (exact) mass is 413 g/mol. The number of amides is 3. The molecule has 0 aliphatic carbocycles. The predicted molar refractivity (Wildman–Crippen MR) is 124 cm³/mol. The van der Waals surface area contributed by atoms with Crippen LogP contribution >= 0.6 is 0 Å². The van der Waals surface area contributed by atoms with Crippen LogP contribution in [0.5, 0.6) is 0 Å². The molecule has 3 amide bonds. The van der Waals surface area contributed by atoms with Crippen molar-refractivity contribution >= 4 is 23.7 Å². The van der Waals surface area contributed by atoms with Gasteiger partial charge in [0.05, 0.1) is 5.69 Å². The van der Waals surface area contributed by atoms with Gasteiger partial charge in [0.15, 0.2) is 0 Å². The van der Waals surface area contributed by atoms with Crippen molar-refractivity contribution in [2.24, 2.45) is 0 Å². The minimum absolute atomic E-state index is 0.0978. The zero-order valence-electron chi connectivity index (χ0n) is 18.6. The van der Waals surface area contributed by atoms with E-state index in [4.69, 9.17) is 0 Å². The molecule has 1 N–H and O–H groups in total. The second-order valence-electron chi connectivity index (χ2n) is 8.92. The highest BCUT2D eigenvalue weighted by molar-refractivity contribution is 6.28. The van der Waals surface area contributed by atoms with Crippen molar-refractivity contribution in [1.82, 2.24) is 9.88 Å². The summed E-state index contributed by atoms with van der Waals surface area (Å²) in [4.78, 5) is 26.5. The second-order valence-corrected chi connectivity index (χ2v) is 8.92. The summed E-state index contributed by atoms with van der Waals surface area (Å²) in [5.74, 6) is -0.351. The van der Waals surface area contributed by atoms with Gasteiger partial charge in [0, 0.05) is 17.1 Å². The number of carbonyl (C=O) groups is 2. The summed E-state index contributed by atoms with van der Waals surface area (Å²) in [5.41, 5.74) is 6.24. The molecule has 0 atom stereocenters. The fourth-order valence-electron chi connectivity index (χ4n) is 3.94. The van der Waals surface area contributed by atoms with Crippen LogP contribution < -0.4 is 10.2 Å². The van der Waals surface area contributed by atoms with Crippen LogP contribution in [0.15, 0.2) is 66.4 Å². The highest BCUT2D eigenvalue weighted by Crippen LogP contribution is 2.28. The first-order valence-electron chi connectivity index (χ1n) is 10.4. The Morgan fingerprint density at radius 1 is 0.871 bits per heavy atom. The molecular weight excluding hydrogens is 386 g/mol. The van der Waals surface area contributed by atoms with Gasteiger partial charge in [-0.3, -0.25) is 4.79 Å². The van der Waals surface area contributed by atoms with Gasteiger partial charge in [-0.2, -0.15) is 0 Å². The van der Waals surface area contributed by atoms with E-state index in [0.29, 0.717) is 5.69 Å². The Morgan fingerprint density at radius 3 is 2.13 bits per heavy atom. The number of aromatic nitrogens is 1. The van der Waals surface area contributed by atoms with E-state index in [1.807, 2.05) is 26.0 Å². The highest BCUT2D eigenvalue weighted by atomic mass is 16.2. The summed E-state index contributed by atoms with van der Waals surface area (Å²) in [6.07, 6.45) is 1.76. The smallest absolute Gasteiger partial charge is 0.318 e. The SMILES string of the molecule is Cc1cc(C=C2NC(=O)N(c3ccccc3)C2=O)c(C)n1-c1ccc(C(C)(C)C)cc1. The summed E-state index contributed by atoms with van der Waals surface area (Å²) >= 11 is 0. The Morgan fingerprint density at radius 2 is 1.52 bits per heavy atom. The van der Waals surface area contributed by atoms with Crippen molar-refractivity contribution < 1.29 is 9.59 Å². The summed E-state index contributed by atoms with van der Waals surface area (Å²) in [5, 5.41) is 2.71. The predicted octanol–water partition coefficient (Wildman–Crippen LogP) is 5.49. The molecule has 1 aliphatic heterocycles. The maximum atomic E-state index is 12.9. The average molecular weight is 414 g/mol. The topological polar surface area (TPSA) is 54.3 Å². The van der Waals surface area contributed by atoms with Crippen LogP contribution in [0.1, 0.15) is 43.3 Å². The molecule has 0 radical (unpaired) electrons. The molecule has 4 rings (SSSR count). The summed E-state index contributed by atoms with van der Waals surface area (Å²) < 4.78 is 2.16. The molecule has 158 valence electrons. The third-order valence-electron chi connectivity index (χ3n) is 5.65. The molecule has 5 heteroatoms. The normalized spacial score (nSPS) is 15.6. The van der Waals surface area contributed by atoms with E-state index in [-0.39, 0.29) is 17.0 Å². The van der Waals surface area contributed by atoms with Crippen molar-refractivity contribution in [3.05, 3.63) is 88.9 Å². The van der Waals surface area contributed by atoms with Gasteiger partial charge in [-0.15, -0.1) is 0 Å². The number of hydrogen-bond acceptors (Lipinski definition) is 2. The first-order valence-corrected chi connectivity index (χ1v) is 10.4. The summed E-state index contributed by atoms with van der Waals surface area (Å²) in [6, 6.07) is 19.1. The first-order chi connectivity index (χ1) is 14.7. The van der Waals surface area contributed by atoms with Gasteiger partial charge in [-0.05, 0) is 66.8 Å². The van der Waals surface area contributed by atoms with Gasteiger partial charge in [0.2, 0.25) is 0 Å². The maximum absolute atomic E-state index is 12.9. The van der Waals surface area contributed by atoms with E-state index in [1.54, 1.807) is 30.3 Å². The van der Waals surface area contributed by atoms with Gasteiger partial charge in [-0.1, -0.05) is 51.1 Å². The maximum Gasteiger partial charge on any atom is 0.333 e. The number of nitrogens with zero attached hydrogens (tertiary/aromatic N) is 2. The molecule has 0 bridgehead atoms. The fraction of sp³-hybridized carbons (Fsp3) is 0.231. The van der Waals surface area contributed by atoms with E-state index in [0.717, 1.165) is 27.5 Å². The number of para-hydroxylation sites is 1. The van der Waals surface area contributed by atoms with Crippen molar-refractivity contribution in [2.45, 2.75) is 40.0 Å². The number of carbonyl (C=O) groups excluding carboxylic acids is 2. The number of benzene rings is 2. The van der Waals surface area contributed by atoms with Crippen LogP contribution in [0.3, 0.4) is 0 Å². The molecule has 3 aromatic rings. The Bertz CT molecular complexity index is 1180. The number of nitrogens with one attached hydrogen (secondary N) is 1. The number of urea groups is 1. The minimum Gasteiger partial charge on any atom is -0.318 e. The minimum atomic E-state index is -0.436. The lowest BCUT2D eigenvalue weighted by Gasteiger charge is -2.20. The molecule has 5 nitrogen and oxygen atoms in total. The molecule has 31 heavy (non-hydrogen) atoms. The van der Waals surface area contributed by atoms with Crippen LogP contribution in [0.4, 0.5) is 10.5 Å². The number of hydrogen-bond donors (Lipinski definition) is 1.